The zero-order chi connectivity index (χ0) is 16.5. The van der Waals surface area contributed by atoms with E-state index in [0.29, 0.717) is 18.1 Å². The topological polar surface area (TPSA) is 66.8 Å². The van der Waals surface area contributed by atoms with Crippen LogP contribution in [-0.4, -0.2) is 57.9 Å². The Bertz CT molecular complexity index is 512. The molecule has 0 spiro atoms. The van der Waals surface area contributed by atoms with Crippen LogP contribution in [0.15, 0.2) is 24.3 Å². The summed E-state index contributed by atoms with van der Waals surface area (Å²) in [5.41, 5.74) is 0.246. The molecule has 0 aliphatic carbocycles. The van der Waals surface area contributed by atoms with Gasteiger partial charge < -0.3 is 14.7 Å². The molecule has 1 aromatic carbocycles. The Balaban J connectivity index is 1.57. The van der Waals surface area contributed by atoms with Crippen LogP contribution in [0.3, 0.4) is 0 Å². The first-order chi connectivity index (χ1) is 11.1. The Morgan fingerprint density at radius 3 is 2.48 bits per heavy atom. The van der Waals surface area contributed by atoms with Crippen molar-refractivity contribution in [3.05, 3.63) is 29.8 Å². The predicted octanol–water partition coefficient (Wildman–Crippen LogP) is 2.39. The van der Waals surface area contributed by atoms with Crippen molar-refractivity contribution in [1.29, 1.82) is 0 Å². The fourth-order valence-corrected chi connectivity index (χ4v) is 3.73. The van der Waals surface area contributed by atoms with E-state index in [0.717, 1.165) is 31.8 Å². The molecule has 128 valence electrons. The van der Waals surface area contributed by atoms with Crippen molar-refractivity contribution in [2.75, 3.05) is 37.7 Å². The average molecular weight is 339 g/mol. The molecule has 1 unspecified atom stereocenters. The molecule has 1 saturated heterocycles. The Labute approximate surface area is 140 Å². The van der Waals surface area contributed by atoms with Gasteiger partial charge in [0.1, 0.15) is 5.75 Å². The molecule has 0 aromatic heterocycles. The molecular weight excluding hydrogens is 314 g/mol. The van der Waals surface area contributed by atoms with Gasteiger partial charge in [-0.2, -0.15) is 0 Å². The summed E-state index contributed by atoms with van der Waals surface area (Å²) in [4.78, 5) is 13.2. The van der Waals surface area contributed by atoms with Crippen molar-refractivity contribution in [2.45, 2.75) is 25.7 Å². The smallest absolute Gasteiger partial charge is 0.335 e. The molecule has 0 saturated carbocycles. The fourth-order valence-electron chi connectivity index (χ4n) is 2.62. The van der Waals surface area contributed by atoms with Crippen LogP contribution in [0.2, 0.25) is 0 Å². The number of aromatic carboxylic acids is 1. The number of nitrogens with zero attached hydrogens (tertiary/aromatic N) is 1. The first-order valence-electron chi connectivity index (χ1n) is 8.18. The number of rotatable bonds is 9. The predicted molar refractivity (Wildman–Crippen MR) is 91.7 cm³/mol. The van der Waals surface area contributed by atoms with E-state index in [4.69, 9.17) is 9.84 Å². The SMILES string of the molecule is O=C(O)c1ccc(OCCCS(=O)CCN2CCCCC2)cc1. The Morgan fingerprint density at radius 2 is 1.83 bits per heavy atom. The quantitative estimate of drug-likeness (QED) is 0.700. The first-order valence-corrected chi connectivity index (χ1v) is 9.67. The highest BCUT2D eigenvalue weighted by atomic mass is 32.2. The van der Waals surface area contributed by atoms with Crippen molar-refractivity contribution < 1.29 is 18.8 Å². The second-order valence-corrected chi connectivity index (χ2v) is 7.48. The molecule has 1 aromatic rings. The van der Waals surface area contributed by atoms with Crippen LogP contribution in [0.5, 0.6) is 5.75 Å². The first kappa shape index (κ1) is 17.9. The maximum atomic E-state index is 12.0. The van der Waals surface area contributed by atoms with Crippen molar-refractivity contribution in [3.63, 3.8) is 0 Å². The molecule has 1 heterocycles. The van der Waals surface area contributed by atoms with Crippen LogP contribution in [0.1, 0.15) is 36.0 Å². The lowest BCUT2D eigenvalue weighted by Gasteiger charge is -2.25. The van der Waals surface area contributed by atoms with E-state index in [1.807, 2.05) is 0 Å². The summed E-state index contributed by atoms with van der Waals surface area (Å²) in [6.07, 6.45) is 4.60. The molecule has 1 aliphatic heterocycles. The van der Waals surface area contributed by atoms with Crippen LogP contribution >= 0.6 is 0 Å². The maximum absolute atomic E-state index is 12.0. The van der Waals surface area contributed by atoms with E-state index in [2.05, 4.69) is 4.90 Å². The van der Waals surface area contributed by atoms with E-state index in [9.17, 15) is 9.00 Å². The zero-order valence-electron chi connectivity index (χ0n) is 13.4. The number of piperidine rings is 1. The molecule has 0 radical (unpaired) electrons. The molecule has 23 heavy (non-hydrogen) atoms. The van der Waals surface area contributed by atoms with Gasteiger partial charge in [0, 0.05) is 28.9 Å². The number of benzene rings is 1. The molecule has 5 nitrogen and oxygen atoms in total. The highest BCUT2D eigenvalue weighted by molar-refractivity contribution is 7.84. The highest BCUT2D eigenvalue weighted by Crippen LogP contribution is 2.12. The van der Waals surface area contributed by atoms with Gasteiger partial charge in [-0.05, 0) is 56.6 Å². The summed E-state index contributed by atoms with van der Waals surface area (Å²) in [7, 11) is -0.789. The Morgan fingerprint density at radius 1 is 1.13 bits per heavy atom. The second-order valence-electron chi connectivity index (χ2n) is 5.78. The van der Waals surface area contributed by atoms with Crippen molar-refractivity contribution in [1.82, 2.24) is 4.90 Å². The van der Waals surface area contributed by atoms with E-state index in [1.165, 1.54) is 31.4 Å². The van der Waals surface area contributed by atoms with Crippen LogP contribution < -0.4 is 4.74 Å². The van der Waals surface area contributed by atoms with Gasteiger partial charge in [-0.15, -0.1) is 0 Å². The minimum Gasteiger partial charge on any atom is -0.494 e. The monoisotopic (exact) mass is 339 g/mol. The molecule has 2 rings (SSSR count). The van der Waals surface area contributed by atoms with Gasteiger partial charge in [-0.3, -0.25) is 4.21 Å². The molecule has 0 bridgehead atoms. The van der Waals surface area contributed by atoms with E-state index in [1.54, 1.807) is 12.1 Å². The van der Waals surface area contributed by atoms with Gasteiger partial charge in [-0.1, -0.05) is 6.42 Å². The molecule has 1 atom stereocenters. The van der Waals surface area contributed by atoms with Crippen molar-refractivity contribution in [2.24, 2.45) is 0 Å². The lowest BCUT2D eigenvalue weighted by molar-refractivity contribution is 0.0697. The molecule has 1 aliphatic rings. The molecular formula is C17H25NO4S. The summed E-state index contributed by atoms with van der Waals surface area (Å²) in [6, 6.07) is 6.34. The van der Waals surface area contributed by atoms with Gasteiger partial charge in [0.05, 0.1) is 12.2 Å². The third-order valence-electron chi connectivity index (χ3n) is 3.97. The van der Waals surface area contributed by atoms with E-state index >= 15 is 0 Å². The number of carboxylic acids is 1. The lowest BCUT2D eigenvalue weighted by Crippen LogP contribution is -2.33. The van der Waals surface area contributed by atoms with Gasteiger partial charge in [0.15, 0.2) is 0 Å². The van der Waals surface area contributed by atoms with Gasteiger partial charge in [0.2, 0.25) is 0 Å². The highest BCUT2D eigenvalue weighted by Gasteiger charge is 2.11. The third-order valence-corrected chi connectivity index (χ3v) is 5.35. The fraction of sp³-hybridized carbons (Fsp3) is 0.588. The summed E-state index contributed by atoms with van der Waals surface area (Å²) in [6.45, 7) is 3.73. The van der Waals surface area contributed by atoms with E-state index in [-0.39, 0.29) is 5.56 Å². The number of ether oxygens (including phenoxy) is 1. The normalized spacial score (nSPS) is 16.9. The summed E-state index contributed by atoms with van der Waals surface area (Å²) in [5.74, 6) is 1.10. The van der Waals surface area contributed by atoms with Gasteiger partial charge in [0.25, 0.3) is 0 Å². The molecule has 0 amide bonds. The minimum atomic E-state index is -0.944. The molecule has 1 N–H and O–H groups in total. The van der Waals surface area contributed by atoms with Crippen LogP contribution in [-0.2, 0) is 10.8 Å². The standard InChI is InChI=1S/C17H25NO4S/c19-17(20)15-5-7-16(8-6-15)22-12-4-13-23(21)14-11-18-9-2-1-3-10-18/h5-8H,1-4,9-14H2,(H,19,20). The van der Waals surface area contributed by atoms with Crippen molar-refractivity contribution >= 4 is 16.8 Å². The third kappa shape index (κ3) is 6.71. The number of likely N-dealkylation sites (tertiary alicyclic amines) is 1. The summed E-state index contributed by atoms with van der Waals surface area (Å²) >= 11 is 0. The largest absolute Gasteiger partial charge is 0.494 e. The number of carbonyl (C=O) groups is 1. The Hall–Kier alpha value is -1.40. The van der Waals surface area contributed by atoms with Crippen LogP contribution in [0.4, 0.5) is 0 Å². The molecule has 1 fully saturated rings. The zero-order valence-corrected chi connectivity index (χ0v) is 14.2. The van der Waals surface area contributed by atoms with Crippen LogP contribution in [0.25, 0.3) is 0 Å². The number of carboxylic acid groups (broad SMARTS) is 1. The lowest BCUT2D eigenvalue weighted by atomic mass is 10.1. The average Bonchev–Trinajstić information content (AvgIpc) is 2.58. The maximum Gasteiger partial charge on any atom is 0.335 e. The molecule has 6 heteroatoms. The number of hydrogen-bond acceptors (Lipinski definition) is 4. The second kappa shape index (κ2) is 9.67. The van der Waals surface area contributed by atoms with E-state index < -0.39 is 16.8 Å². The van der Waals surface area contributed by atoms with Gasteiger partial charge in [-0.25, -0.2) is 4.79 Å². The Kier molecular flexibility index (Phi) is 7.55. The van der Waals surface area contributed by atoms with Gasteiger partial charge >= 0.3 is 5.97 Å². The van der Waals surface area contributed by atoms with Crippen LogP contribution in [0, 0.1) is 0 Å². The minimum absolute atomic E-state index is 0.246. The van der Waals surface area contributed by atoms with Crippen molar-refractivity contribution in [3.8, 4) is 5.75 Å². The summed E-state index contributed by atoms with van der Waals surface area (Å²) in [5, 5.41) is 8.82. The summed E-state index contributed by atoms with van der Waals surface area (Å²) < 4.78 is 17.5. The number of hydrogen-bond donors (Lipinski definition) is 1.